The summed E-state index contributed by atoms with van der Waals surface area (Å²) in [7, 11) is 0. The minimum absolute atomic E-state index is 0.165. The molecule has 172 valence electrons. The fourth-order valence-electron chi connectivity index (χ4n) is 5.08. The summed E-state index contributed by atoms with van der Waals surface area (Å²) in [6.45, 7) is 2.49. The Bertz CT molecular complexity index is 1220. The van der Waals surface area contributed by atoms with Gasteiger partial charge in [0.15, 0.2) is 5.43 Å². The fraction of sp³-hybridized carbons (Fsp3) is 0.258. The molecule has 4 aromatic rings. The first-order valence-corrected chi connectivity index (χ1v) is 12.4. The van der Waals surface area contributed by atoms with Crippen molar-refractivity contribution in [3.8, 4) is 0 Å². The molecule has 0 amide bonds. The van der Waals surface area contributed by atoms with E-state index in [9.17, 15) is 4.79 Å². The number of aryl methyl sites for hydroxylation is 1. The summed E-state index contributed by atoms with van der Waals surface area (Å²) in [5.74, 6) is 1.10. The maximum atomic E-state index is 13.6. The Balaban J connectivity index is 1.67. The second-order valence-corrected chi connectivity index (χ2v) is 9.25. The number of fused-ring (bicyclic) bond motifs is 1. The van der Waals surface area contributed by atoms with Gasteiger partial charge in [0.2, 0.25) is 0 Å². The van der Waals surface area contributed by atoms with Crippen molar-refractivity contribution >= 4 is 5.82 Å². The third kappa shape index (κ3) is 5.14. The van der Waals surface area contributed by atoms with E-state index >= 15 is 0 Å². The molecule has 0 bridgehead atoms. The number of anilines is 1. The molecule has 34 heavy (non-hydrogen) atoms. The molecule has 0 N–H and O–H groups in total. The molecule has 1 aliphatic heterocycles. The minimum atomic E-state index is 0.165. The molecule has 0 aliphatic carbocycles. The van der Waals surface area contributed by atoms with Crippen molar-refractivity contribution in [3.63, 3.8) is 0 Å². The van der Waals surface area contributed by atoms with Crippen molar-refractivity contribution in [1.82, 2.24) is 4.57 Å². The van der Waals surface area contributed by atoms with Crippen LogP contribution < -0.4 is 10.3 Å². The zero-order chi connectivity index (χ0) is 23.2. The summed E-state index contributed by atoms with van der Waals surface area (Å²) in [6, 6.07) is 33.5. The summed E-state index contributed by atoms with van der Waals surface area (Å²) in [5, 5.41) is 0. The van der Waals surface area contributed by atoms with Gasteiger partial charge in [0.25, 0.3) is 0 Å². The van der Waals surface area contributed by atoms with Gasteiger partial charge in [0.05, 0.1) is 0 Å². The molecule has 5 rings (SSSR count). The van der Waals surface area contributed by atoms with Gasteiger partial charge >= 0.3 is 0 Å². The van der Waals surface area contributed by atoms with Gasteiger partial charge in [-0.3, -0.25) is 4.79 Å². The first kappa shape index (κ1) is 22.2. The molecule has 1 aromatic heterocycles. The molecule has 0 atom stereocenters. The second-order valence-electron chi connectivity index (χ2n) is 9.25. The van der Waals surface area contributed by atoms with E-state index in [-0.39, 0.29) is 5.43 Å². The van der Waals surface area contributed by atoms with Gasteiger partial charge in [0, 0.05) is 43.4 Å². The van der Waals surface area contributed by atoms with Crippen molar-refractivity contribution in [1.29, 1.82) is 0 Å². The molecular weight excluding hydrogens is 416 g/mol. The standard InChI is InChI=1S/C31H32N2O/c34-30-22-28-19-11-4-12-20-33(28)31(29(30)21-25-13-5-1-6-14-25)32(23-26-15-7-2-8-16-26)24-27-17-9-3-10-18-27/h1-3,5-10,13-18,22H,4,11-12,19-21,23-24H2. The van der Waals surface area contributed by atoms with E-state index in [1.807, 2.05) is 12.1 Å². The van der Waals surface area contributed by atoms with Gasteiger partial charge in [-0.05, 0) is 36.0 Å². The molecule has 0 saturated carbocycles. The van der Waals surface area contributed by atoms with Crippen LogP contribution in [0.15, 0.2) is 102 Å². The topological polar surface area (TPSA) is 25.2 Å². The van der Waals surface area contributed by atoms with Crippen LogP contribution in [0.25, 0.3) is 0 Å². The SMILES string of the molecule is O=c1cc2n(c(N(Cc3ccccc3)Cc3ccccc3)c1Cc1ccccc1)CCCCC2. The van der Waals surface area contributed by atoms with Crippen LogP contribution in [0.4, 0.5) is 5.82 Å². The van der Waals surface area contributed by atoms with Crippen molar-refractivity contribution in [3.05, 3.63) is 135 Å². The molecule has 0 fully saturated rings. The van der Waals surface area contributed by atoms with E-state index in [2.05, 4.69) is 94.4 Å². The van der Waals surface area contributed by atoms with Gasteiger partial charge in [-0.15, -0.1) is 0 Å². The first-order chi connectivity index (χ1) is 16.8. The van der Waals surface area contributed by atoms with E-state index in [4.69, 9.17) is 0 Å². The van der Waals surface area contributed by atoms with E-state index < -0.39 is 0 Å². The highest BCUT2D eigenvalue weighted by molar-refractivity contribution is 5.53. The van der Waals surface area contributed by atoms with Crippen LogP contribution in [0.3, 0.4) is 0 Å². The van der Waals surface area contributed by atoms with Crippen LogP contribution in [-0.2, 0) is 32.5 Å². The van der Waals surface area contributed by atoms with Crippen LogP contribution in [0.1, 0.15) is 47.2 Å². The normalized spacial score (nSPS) is 13.2. The molecule has 2 heterocycles. The molecule has 0 spiro atoms. The maximum absolute atomic E-state index is 13.6. The molecule has 0 radical (unpaired) electrons. The smallest absolute Gasteiger partial charge is 0.187 e. The molecule has 3 aromatic carbocycles. The Morgan fingerprint density at radius 1 is 0.676 bits per heavy atom. The lowest BCUT2D eigenvalue weighted by molar-refractivity contribution is 0.609. The summed E-state index contributed by atoms with van der Waals surface area (Å²) >= 11 is 0. The van der Waals surface area contributed by atoms with E-state index in [0.29, 0.717) is 6.42 Å². The molecule has 1 aliphatic rings. The summed E-state index contributed by atoms with van der Waals surface area (Å²) in [6.07, 6.45) is 5.13. The Morgan fingerprint density at radius 3 is 1.82 bits per heavy atom. The average Bonchev–Trinajstić information content (AvgIpc) is 3.11. The van der Waals surface area contributed by atoms with Gasteiger partial charge in [-0.1, -0.05) is 97.4 Å². The molecule has 3 heteroatoms. The number of hydrogen-bond acceptors (Lipinski definition) is 2. The lowest BCUT2D eigenvalue weighted by Crippen LogP contribution is -2.31. The Kier molecular flexibility index (Phi) is 6.90. The number of pyridine rings is 1. The third-order valence-electron chi connectivity index (χ3n) is 6.74. The van der Waals surface area contributed by atoms with Gasteiger partial charge in [-0.25, -0.2) is 0 Å². The molecule has 0 unspecified atom stereocenters. The Labute approximate surface area is 202 Å². The molecular formula is C31H32N2O. The second kappa shape index (κ2) is 10.6. The number of aromatic nitrogens is 1. The monoisotopic (exact) mass is 448 g/mol. The van der Waals surface area contributed by atoms with Crippen LogP contribution in [0, 0.1) is 0 Å². The van der Waals surface area contributed by atoms with Crippen LogP contribution in [0.5, 0.6) is 0 Å². The lowest BCUT2D eigenvalue weighted by Gasteiger charge is -2.32. The van der Waals surface area contributed by atoms with E-state index in [1.54, 1.807) is 0 Å². The Morgan fingerprint density at radius 2 is 1.24 bits per heavy atom. The summed E-state index contributed by atoms with van der Waals surface area (Å²) < 4.78 is 2.46. The fourth-order valence-corrected chi connectivity index (χ4v) is 5.08. The highest BCUT2D eigenvalue weighted by Gasteiger charge is 2.23. The van der Waals surface area contributed by atoms with E-state index in [0.717, 1.165) is 50.3 Å². The number of hydrogen-bond donors (Lipinski definition) is 0. The number of rotatable bonds is 7. The van der Waals surface area contributed by atoms with Crippen molar-refractivity contribution in [2.75, 3.05) is 4.90 Å². The van der Waals surface area contributed by atoms with Crippen LogP contribution >= 0.6 is 0 Å². The minimum Gasteiger partial charge on any atom is -0.349 e. The lowest BCUT2D eigenvalue weighted by atomic mass is 10.0. The highest BCUT2D eigenvalue weighted by Crippen LogP contribution is 2.29. The average molecular weight is 449 g/mol. The molecule has 3 nitrogen and oxygen atoms in total. The largest absolute Gasteiger partial charge is 0.349 e. The van der Waals surface area contributed by atoms with Gasteiger partial charge in [-0.2, -0.15) is 0 Å². The number of benzene rings is 3. The molecule has 0 saturated heterocycles. The third-order valence-corrected chi connectivity index (χ3v) is 6.74. The predicted molar refractivity (Wildman–Crippen MR) is 140 cm³/mol. The summed E-state index contributed by atoms with van der Waals surface area (Å²) in [4.78, 5) is 16.0. The highest BCUT2D eigenvalue weighted by atomic mass is 16.1. The maximum Gasteiger partial charge on any atom is 0.187 e. The zero-order valence-electron chi connectivity index (χ0n) is 19.7. The van der Waals surface area contributed by atoms with Crippen molar-refractivity contribution in [2.45, 2.75) is 51.7 Å². The summed E-state index contributed by atoms with van der Waals surface area (Å²) in [5.41, 5.74) is 5.93. The zero-order valence-corrected chi connectivity index (χ0v) is 19.7. The van der Waals surface area contributed by atoms with Gasteiger partial charge in [0.1, 0.15) is 5.82 Å². The Hall–Kier alpha value is -3.59. The van der Waals surface area contributed by atoms with Crippen molar-refractivity contribution in [2.24, 2.45) is 0 Å². The first-order valence-electron chi connectivity index (χ1n) is 12.4. The number of nitrogens with zero attached hydrogens (tertiary/aromatic N) is 2. The quantitative estimate of drug-likeness (QED) is 0.328. The predicted octanol–water partition coefficient (Wildman–Crippen LogP) is 6.37. The van der Waals surface area contributed by atoms with Crippen molar-refractivity contribution < 1.29 is 0 Å². The van der Waals surface area contributed by atoms with Gasteiger partial charge < -0.3 is 9.47 Å². The van der Waals surface area contributed by atoms with Crippen LogP contribution in [0.2, 0.25) is 0 Å². The van der Waals surface area contributed by atoms with E-state index in [1.165, 1.54) is 28.8 Å². The van der Waals surface area contributed by atoms with Crippen LogP contribution in [-0.4, -0.2) is 4.57 Å².